The number of halogens is 3. The molecule has 0 saturated carbocycles. The van der Waals surface area contributed by atoms with Crippen molar-refractivity contribution in [3.8, 4) is 0 Å². The Morgan fingerprint density at radius 2 is 1.93 bits per heavy atom. The van der Waals surface area contributed by atoms with Gasteiger partial charge in [-0.15, -0.1) is 10.2 Å². The Hall–Kier alpha value is -2.96. The van der Waals surface area contributed by atoms with Crippen LogP contribution in [0.1, 0.15) is 18.1 Å². The smallest absolute Gasteiger partial charge is 0.475 e. The number of hydrogen-bond donors (Lipinski definition) is 1. The Kier molecular flexibility index (Phi) is 7.31. The number of fused-ring (bicyclic) bond motifs is 1. The van der Waals surface area contributed by atoms with Gasteiger partial charge in [0.05, 0.1) is 13.1 Å². The second-order valence-corrected chi connectivity index (χ2v) is 6.60. The summed E-state index contributed by atoms with van der Waals surface area (Å²) >= 11 is 0. The fourth-order valence-corrected chi connectivity index (χ4v) is 2.66. The topological polar surface area (TPSA) is 109 Å². The van der Waals surface area contributed by atoms with Crippen LogP contribution in [-0.4, -0.2) is 84.7 Å². The number of likely N-dealkylation sites (N-methyl/N-ethyl adjacent to an activating group) is 1. The van der Waals surface area contributed by atoms with Gasteiger partial charge in [-0.2, -0.15) is 18.3 Å². The number of aromatic nitrogens is 5. The summed E-state index contributed by atoms with van der Waals surface area (Å²) in [4.78, 5) is 24.9. The highest BCUT2D eigenvalue weighted by atomic mass is 19.4. The molecule has 0 aromatic carbocycles. The first-order chi connectivity index (χ1) is 13.6. The maximum absolute atomic E-state index is 12.2. The van der Waals surface area contributed by atoms with Gasteiger partial charge in [-0.05, 0) is 26.6 Å². The maximum Gasteiger partial charge on any atom is 0.490 e. The van der Waals surface area contributed by atoms with Crippen LogP contribution in [0.4, 0.5) is 13.2 Å². The molecule has 29 heavy (non-hydrogen) atoms. The molecule has 1 N–H and O–H groups in total. The van der Waals surface area contributed by atoms with Crippen LogP contribution in [0.3, 0.4) is 0 Å². The Morgan fingerprint density at radius 3 is 2.48 bits per heavy atom. The first kappa shape index (κ1) is 22.3. The average molecular weight is 417 g/mol. The standard InChI is InChI=1S/C14H21N7O.C2HF3O2/c1-18(2)11-14(22)19-6-4-8-21-12(9-19)16-17-13(21)10-20-7-3-5-15-20;3-2(4,5)1(6)7/h3,5,7H,4,6,8-11H2,1-2H3;(H,6,7). The minimum absolute atomic E-state index is 0.134. The maximum atomic E-state index is 12.2. The third-order valence-corrected chi connectivity index (χ3v) is 3.96. The molecule has 0 fully saturated rings. The molecule has 2 aromatic rings. The number of aliphatic carboxylic acids is 1. The van der Waals surface area contributed by atoms with Crippen molar-refractivity contribution in [1.82, 2.24) is 34.3 Å². The zero-order valence-electron chi connectivity index (χ0n) is 16.0. The van der Waals surface area contributed by atoms with Crippen molar-refractivity contribution in [3.63, 3.8) is 0 Å². The van der Waals surface area contributed by atoms with Gasteiger partial charge in [-0.3, -0.25) is 9.48 Å². The summed E-state index contributed by atoms with van der Waals surface area (Å²) in [5.41, 5.74) is 0. The number of hydrogen-bond acceptors (Lipinski definition) is 6. The summed E-state index contributed by atoms with van der Waals surface area (Å²) < 4.78 is 35.7. The predicted octanol–water partition coefficient (Wildman–Crippen LogP) is 0.450. The number of alkyl halides is 3. The number of carbonyl (C=O) groups excluding carboxylic acids is 1. The molecule has 0 bridgehead atoms. The monoisotopic (exact) mass is 417 g/mol. The predicted molar refractivity (Wildman–Crippen MR) is 93.6 cm³/mol. The molecule has 0 radical (unpaired) electrons. The molecule has 1 amide bonds. The highest BCUT2D eigenvalue weighted by Gasteiger charge is 2.38. The van der Waals surface area contributed by atoms with Crippen LogP contribution in [-0.2, 0) is 29.2 Å². The third kappa shape index (κ3) is 6.55. The van der Waals surface area contributed by atoms with E-state index in [1.54, 1.807) is 6.20 Å². The summed E-state index contributed by atoms with van der Waals surface area (Å²) in [6.07, 6.45) is -0.511. The zero-order valence-corrected chi connectivity index (χ0v) is 16.0. The lowest BCUT2D eigenvalue weighted by Crippen LogP contribution is -2.37. The molecule has 1 aliphatic rings. The van der Waals surface area contributed by atoms with E-state index in [1.807, 2.05) is 40.8 Å². The van der Waals surface area contributed by atoms with E-state index in [0.717, 1.165) is 31.2 Å². The summed E-state index contributed by atoms with van der Waals surface area (Å²) in [5, 5.41) is 19.9. The molecule has 3 heterocycles. The molecule has 0 spiro atoms. The van der Waals surface area contributed by atoms with Crippen LogP contribution in [0.2, 0.25) is 0 Å². The lowest BCUT2D eigenvalue weighted by molar-refractivity contribution is -0.192. The molecule has 0 unspecified atom stereocenters. The summed E-state index contributed by atoms with van der Waals surface area (Å²) in [6.45, 7) is 3.15. The van der Waals surface area contributed by atoms with Gasteiger partial charge in [-0.1, -0.05) is 0 Å². The highest BCUT2D eigenvalue weighted by Crippen LogP contribution is 2.14. The Balaban J connectivity index is 0.000000370. The normalized spacial score (nSPS) is 14.1. The number of carboxylic acids is 1. The van der Waals surface area contributed by atoms with Gasteiger partial charge in [0, 0.05) is 25.5 Å². The van der Waals surface area contributed by atoms with Gasteiger partial charge >= 0.3 is 12.1 Å². The summed E-state index contributed by atoms with van der Waals surface area (Å²) in [6, 6.07) is 1.89. The second kappa shape index (κ2) is 9.49. The molecule has 13 heteroatoms. The fourth-order valence-electron chi connectivity index (χ4n) is 2.66. The van der Waals surface area contributed by atoms with Crippen LogP contribution in [0.15, 0.2) is 18.5 Å². The van der Waals surface area contributed by atoms with E-state index in [0.29, 0.717) is 19.6 Å². The third-order valence-electron chi connectivity index (χ3n) is 3.96. The quantitative estimate of drug-likeness (QED) is 0.769. The molecular weight excluding hydrogens is 395 g/mol. The van der Waals surface area contributed by atoms with Crippen LogP contribution in [0.5, 0.6) is 0 Å². The van der Waals surface area contributed by atoms with E-state index in [1.165, 1.54) is 0 Å². The Morgan fingerprint density at radius 1 is 1.24 bits per heavy atom. The molecule has 0 saturated heterocycles. The second-order valence-electron chi connectivity index (χ2n) is 6.60. The van der Waals surface area contributed by atoms with Gasteiger partial charge in [-0.25, -0.2) is 4.79 Å². The van der Waals surface area contributed by atoms with Gasteiger partial charge in [0.15, 0.2) is 11.6 Å². The molecule has 10 nitrogen and oxygen atoms in total. The number of nitrogens with zero attached hydrogens (tertiary/aromatic N) is 7. The van der Waals surface area contributed by atoms with E-state index in [2.05, 4.69) is 19.9 Å². The Labute approximate surface area is 164 Å². The largest absolute Gasteiger partial charge is 0.490 e. The van der Waals surface area contributed by atoms with Gasteiger partial charge in [0.2, 0.25) is 5.91 Å². The number of rotatable bonds is 4. The van der Waals surface area contributed by atoms with Crippen molar-refractivity contribution < 1.29 is 27.9 Å². The molecular formula is C16H22F3N7O3. The Bertz CT molecular complexity index is 818. The minimum atomic E-state index is -5.08. The van der Waals surface area contributed by atoms with E-state index in [4.69, 9.17) is 9.90 Å². The molecule has 160 valence electrons. The van der Waals surface area contributed by atoms with E-state index in [9.17, 15) is 18.0 Å². The summed E-state index contributed by atoms with van der Waals surface area (Å²) in [5.74, 6) is -0.880. The highest BCUT2D eigenvalue weighted by molar-refractivity contribution is 5.78. The number of amides is 1. The van der Waals surface area contributed by atoms with Crippen molar-refractivity contribution in [1.29, 1.82) is 0 Å². The molecule has 1 aliphatic heterocycles. The van der Waals surface area contributed by atoms with Crippen LogP contribution in [0.25, 0.3) is 0 Å². The van der Waals surface area contributed by atoms with Crippen molar-refractivity contribution in [2.24, 2.45) is 0 Å². The lowest BCUT2D eigenvalue weighted by atomic mass is 10.3. The van der Waals surface area contributed by atoms with Crippen molar-refractivity contribution in [2.45, 2.75) is 32.2 Å². The van der Waals surface area contributed by atoms with E-state index in [-0.39, 0.29) is 5.91 Å². The lowest BCUT2D eigenvalue weighted by Gasteiger charge is -2.21. The molecule has 2 aromatic heterocycles. The van der Waals surface area contributed by atoms with E-state index >= 15 is 0 Å². The zero-order chi connectivity index (χ0) is 21.6. The summed E-state index contributed by atoms with van der Waals surface area (Å²) in [7, 11) is 3.81. The first-order valence-electron chi connectivity index (χ1n) is 8.69. The van der Waals surface area contributed by atoms with Crippen molar-refractivity contribution in [2.75, 3.05) is 27.2 Å². The molecule has 0 aliphatic carbocycles. The average Bonchev–Trinajstić information content (AvgIpc) is 3.19. The van der Waals surface area contributed by atoms with Crippen LogP contribution < -0.4 is 0 Å². The van der Waals surface area contributed by atoms with Gasteiger partial charge < -0.3 is 19.5 Å². The van der Waals surface area contributed by atoms with Crippen molar-refractivity contribution in [3.05, 3.63) is 30.1 Å². The van der Waals surface area contributed by atoms with Crippen molar-refractivity contribution >= 4 is 11.9 Å². The van der Waals surface area contributed by atoms with E-state index < -0.39 is 12.1 Å². The molecule has 0 atom stereocenters. The van der Waals surface area contributed by atoms with Crippen LogP contribution in [0, 0.1) is 0 Å². The fraction of sp³-hybridized carbons (Fsp3) is 0.562. The minimum Gasteiger partial charge on any atom is -0.475 e. The number of carbonyl (C=O) groups is 2. The first-order valence-corrected chi connectivity index (χ1v) is 8.69. The number of carboxylic acid groups (broad SMARTS) is 1. The van der Waals surface area contributed by atoms with Gasteiger partial charge in [0.1, 0.15) is 6.54 Å². The van der Waals surface area contributed by atoms with Gasteiger partial charge in [0.25, 0.3) is 0 Å². The molecule has 3 rings (SSSR count). The SMILES string of the molecule is CN(C)CC(=O)N1CCCn2c(nnc2Cn2cccn2)C1.O=C(O)C(F)(F)F. The van der Waals surface area contributed by atoms with Crippen LogP contribution >= 0.6 is 0 Å².